The normalized spacial score (nSPS) is 19.5. The molecular weight excluding hydrogens is 256 g/mol. The fraction of sp³-hybridized carbons (Fsp3) is 0.500. The van der Waals surface area contributed by atoms with E-state index < -0.39 is 0 Å². The number of rotatable bonds is 4. The molecule has 102 valence electrons. The molecule has 0 saturated heterocycles. The van der Waals surface area contributed by atoms with Gasteiger partial charge in [0.25, 0.3) is 0 Å². The summed E-state index contributed by atoms with van der Waals surface area (Å²) in [5, 5.41) is 2.27. The predicted molar refractivity (Wildman–Crippen MR) is 80.9 cm³/mol. The van der Waals surface area contributed by atoms with Gasteiger partial charge in [-0.15, -0.1) is 11.8 Å². The van der Waals surface area contributed by atoms with Gasteiger partial charge >= 0.3 is 0 Å². The second-order valence-corrected chi connectivity index (χ2v) is 6.13. The van der Waals surface area contributed by atoms with Crippen LogP contribution in [0.2, 0.25) is 0 Å². The molecule has 3 heteroatoms. The summed E-state index contributed by atoms with van der Waals surface area (Å²) in [7, 11) is 1.71. The van der Waals surface area contributed by atoms with Gasteiger partial charge in [0.2, 0.25) is 0 Å². The second kappa shape index (κ2) is 5.91. The summed E-state index contributed by atoms with van der Waals surface area (Å²) in [6, 6.07) is 6.32. The van der Waals surface area contributed by atoms with E-state index >= 15 is 0 Å². The zero-order valence-corrected chi connectivity index (χ0v) is 12.2. The van der Waals surface area contributed by atoms with Gasteiger partial charge in [-0.2, -0.15) is 0 Å². The van der Waals surface area contributed by atoms with E-state index in [1.165, 1.54) is 42.6 Å². The summed E-state index contributed by atoms with van der Waals surface area (Å²) < 4.78 is 11.6. The van der Waals surface area contributed by atoms with Gasteiger partial charge in [0.15, 0.2) is 11.5 Å². The van der Waals surface area contributed by atoms with Crippen LogP contribution in [0.4, 0.5) is 0 Å². The van der Waals surface area contributed by atoms with Gasteiger partial charge in [0, 0.05) is 5.75 Å². The number of benzene rings is 1. The molecule has 0 spiro atoms. The van der Waals surface area contributed by atoms with Crippen molar-refractivity contribution in [3.8, 4) is 11.5 Å². The lowest BCUT2D eigenvalue weighted by Gasteiger charge is -2.17. The highest BCUT2D eigenvalue weighted by Gasteiger charge is 2.19. The largest absolute Gasteiger partial charge is 0.493 e. The molecule has 0 aromatic heterocycles. The first-order chi connectivity index (χ1) is 9.36. The summed E-state index contributed by atoms with van der Waals surface area (Å²) in [4.78, 5) is 0. The minimum atomic E-state index is 0.371. The molecule has 1 saturated carbocycles. The van der Waals surface area contributed by atoms with Crippen LogP contribution >= 0.6 is 11.8 Å². The van der Waals surface area contributed by atoms with Crippen molar-refractivity contribution >= 4 is 17.3 Å². The smallest absolute Gasteiger partial charge is 0.162 e. The number of ether oxygens (including phenoxy) is 2. The van der Waals surface area contributed by atoms with Crippen LogP contribution < -0.4 is 9.47 Å². The summed E-state index contributed by atoms with van der Waals surface area (Å²) in [6.07, 6.45) is 6.44. The Labute approximate surface area is 119 Å². The Balaban J connectivity index is 1.84. The van der Waals surface area contributed by atoms with Crippen LogP contribution in [0.3, 0.4) is 0 Å². The molecule has 0 radical (unpaired) electrons. The van der Waals surface area contributed by atoms with E-state index in [4.69, 9.17) is 9.47 Å². The standard InChI is InChI=1S/C16H20O2S/c1-17-15-7-6-12(13-8-9-19-11-13)10-16(15)18-14-4-2-3-5-14/h6-7,10-11,14H,2-5,8-9H2,1H3. The molecule has 0 N–H and O–H groups in total. The molecule has 2 aliphatic rings. The Kier molecular flexibility index (Phi) is 4.02. The van der Waals surface area contributed by atoms with Gasteiger partial charge in [0.05, 0.1) is 13.2 Å². The van der Waals surface area contributed by atoms with Gasteiger partial charge < -0.3 is 9.47 Å². The minimum absolute atomic E-state index is 0.371. The molecule has 1 heterocycles. The zero-order chi connectivity index (χ0) is 13.1. The Bertz CT molecular complexity index is 476. The van der Waals surface area contributed by atoms with Crippen molar-refractivity contribution in [3.05, 3.63) is 29.2 Å². The maximum atomic E-state index is 6.14. The quantitative estimate of drug-likeness (QED) is 0.807. The molecule has 3 rings (SSSR count). The van der Waals surface area contributed by atoms with E-state index in [9.17, 15) is 0 Å². The number of methoxy groups -OCH3 is 1. The molecule has 1 aliphatic carbocycles. The third-order valence-corrected chi connectivity index (χ3v) is 4.74. The highest BCUT2D eigenvalue weighted by atomic mass is 32.2. The maximum Gasteiger partial charge on any atom is 0.162 e. The highest BCUT2D eigenvalue weighted by molar-refractivity contribution is 8.02. The number of hydrogen-bond donors (Lipinski definition) is 0. The molecule has 1 aromatic rings. The maximum absolute atomic E-state index is 6.14. The van der Waals surface area contributed by atoms with Crippen molar-refractivity contribution in [3.63, 3.8) is 0 Å². The third kappa shape index (κ3) is 2.92. The van der Waals surface area contributed by atoms with E-state index in [-0.39, 0.29) is 0 Å². The van der Waals surface area contributed by atoms with Crippen molar-refractivity contribution in [1.29, 1.82) is 0 Å². The van der Waals surface area contributed by atoms with E-state index in [0.29, 0.717) is 6.10 Å². The topological polar surface area (TPSA) is 18.5 Å². The molecule has 0 bridgehead atoms. The summed E-state index contributed by atoms with van der Waals surface area (Å²) in [5.41, 5.74) is 2.70. The van der Waals surface area contributed by atoms with E-state index in [0.717, 1.165) is 17.9 Å². The molecule has 1 aromatic carbocycles. The minimum Gasteiger partial charge on any atom is -0.493 e. The third-order valence-electron chi connectivity index (χ3n) is 3.85. The molecular formula is C16H20O2S. The fourth-order valence-corrected chi connectivity index (χ4v) is 3.66. The lowest BCUT2D eigenvalue weighted by atomic mass is 10.0. The predicted octanol–water partition coefficient (Wildman–Crippen LogP) is 4.49. The van der Waals surface area contributed by atoms with Gasteiger partial charge in [0.1, 0.15) is 0 Å². The molecule has 1 fully saturated rings. The van der Waals surface area contributed by atoms with Crippen LogP contribution in [0.5, 0.6) is 11.5 Å². The average Bonchev–Trinajstić information content (AvgIpc) is 3.11. The van der Waals surface area contributed by atoms with Crippen molar-refractivity contribution in [2.24, 2.45) is 0 Å². The Morgan fingerprint density at radius 2 is 2.00 bits per heavy atom. The van der Waals surface area contributed by atoms with Gasteiger partial charge in [-0.05, 0) is 60.8 Å². The first kappa shape index (κ1) is 12.9. The van der Waals surface area contributed by atoms with Crippen LogP contribution in [0.15, 0.2) is 23.6 Å². The Morgan fingerprint density at radius 1 is 1.16 bits per heavy atom. The Morgan fingerprint density at radius 3 is 2.68 bits per heavy atom. The van der Waals surface area contributed by atoms with Gasteiger partial charge in [-0.3, -0.25) is 0 Å². The van der Waals surface area contributed by atoms with Crippen molar-refractivity contribution in [1.82, 2.24) is 0 Å². The van der Waals surface area contributed by atoms with Crippen LogP contribution in [0.25, 0.3) is 5.57 Å². The number of hydrogen-bond acceptors (Lipinski definition) is 3. The lowest BCUT2D eigenvalue weighted by molar-refractivity contribution is 0.200. The molecule has 0 unspecified atom stereocenters. The van der Waals surface area contributed by atoms with Crippen LogP contribution in [0.1, 0.15) is 37.7 Å². The zero-order valence-electron chi connectivity index (χ0n) is 11.4. The SMILES string of the molecule is COc1ccc(C2=CSCC2)cc1OC1CCCC1. The molecule has 19 heavy (non-hydrogen) atoms. The summed E-state index contributed by atoms with van der Waals surface area (Å²) in [6.45, 7) is 0. The number of allylic oxidation sites excluding steroid dienone is 1. The summed E-state index contributed by atoms with van der Waals surface area (Å²) in [5.74, 6) is 2.95. The monoisotopic (exact) mass is 276 g/mol. The molecule has 2 nitrogen and oxygen atoms in total. The van der Waals surface area contributed by atoms with E-state index in [2.05, 4.69) is 17.5 Å². The van der Waals surface area contributed by atoms with Crippen LogP contribution in [-0.4, -0.2) is 19.0 Å². The van der Waals surface area contributed by atoms with Crippen molar-refractivity contribution < 1.29 is 9.47 Å². The first-order valence-corrected chi connectivity index (χ1v) is 8.07. The van der Waals surface area contributed by atoms with Gasteiger partial charge in [-0.1, -0.05) is 6.07 Å². The van der Waals surface area contributed by atoms with Crippen molar-refractivity contribution in [2.45, 2.75) is 38.2 Å². The molecule has 0 atom stereocenters. The fourth-order valence-electron chi connectivity index (χ4n) is 2.75. The van der Waals surface area contributed by atoms with Crippen molar-refractivity contribution in [2.75, 3.05) is 12.9 Å². The highest BCUT2D eigenvalue weighted by Crippen LogP contribution is 2.37. The molecule has 0 amide bonds. The van der Waals surface area contributed by atoms with Crippen LogP contribution in [0, 0.1) is 0 Å². The second-order valence-electron chi connectivity index (χ2n) is 5.15. The summed E-state index contributed by atoms with van der Waals surface area (Å²) >= 11 is 1.89. The number of thioether (sulfide) groups is 1. The first-order valence-electron chi connectivity index (χ1n) is 7.02. The van der Waals surface area contributed by atoms with E-state index in [1.807, 2.05) is 17.8 Å². The van der Waals surface area contributed by atoms with Crippen LogP contribution in [-0.2, 0) is 0 Å². The molecule has 1 aliphatic heterocycles. The lowest BCUT2D eigenvalue weighted by Crippen LogP contribution is -2.11. The van der Waals surface area contributed by atoms with E-state index in [1.54, 1.807) is 7.11 Å². The van der Waals surface area contributed by atoms with Gasteiger partial charge in [-0.25, -0.2) is 0 Å². The average molecular weight is 276 g/mol. The Hall–Kier alpha value is -1.09.